The van der Waals surface area contributed by atoms with Gasteiger partial charge >= 0.3 is 0 Å². The largest absolute Gasteiger partial charge is 0.497 e. The molecule has 0 unspecified atom stereocenters. The van der Waals surface area contributed by atoms with Crippen LogP contribution in [0.4, 0.5) is 0 Å². The number of hydrogen-bond donors (Lipinski definition) is 0. The molecule has 0 N–H and O–H groups in total. The topological polar surface area (TPSA) is 48.7 Å². The lowest BCUT2D eigenvalue weighted by atomic mass is 10.0. The van der Waals surface area contributed by atoms with Gasteiger partial charge in [0.25, 0.3) is 0 Å². The van der Waals surface area contributed by atoms with Crippen molar-refractivity contribution in [1.82, 2.24) is 0 Å². The van der Waals surface area contributed by atoms with Crippen LogP contribution in [0.5, 0.6) is 11.5 Å². The molecule has 0 amide bonds. The van der Waals surface area contributed by atoms with Gasteiger partial charge in [-0.05, 0) is 73.5 Å². The summed E-state index contributed by atoms with van der Waals surface area (Å²) in [7, 11) is 1.60. The summed E-state index contributed by atoms with van der Waals surface area (Å²) in [5.41, 5.74) is 3.58. The molecule has 0 aliphatic heterocycles. The van der Waals surface area contributed by atoms with E-state index in [4.69, 9.17) is 37.1 Å². The number of aryl methyl sites for hydroxylation is 2. The van der Waals surface area contributed by atoms with Gasteiger partial charge in [0.1, 0.15) is 17.9 Å². The molecule has 0 radical (unpaired) electrons. The molecule has 0 fully saturated rings. The van der Waals surface area contributed by atoms with E-state index in [1.54, 1.807) is 37.4 Å². The fourth-order valence-electron chi connectivity index (χ4n) is 3.31. The maximum absolute atomic E-state index is 13.4. The molecule has 4 rings (SSSR count). The van der Waals surface area contributed by atoms with E-state index in [0.717, 1.165) is 11.1 Å². The van der Waals surface area contributed by atoms with Gasteiger partial charge in [0.05, 0.1) is 12.5 Å². The first-order valence-corrected chi connectivity index (χ1v) is 10.4. The highest BCUT2D eigenvalue weighted by Gasteiger charge is 2.20. The van der Waals surface area contributed by atoms with Crippen LogP contribution >= 0.6 is 23.2 Å². The third kappa shape index (κ3) is 4.14. The minimum atomic E-state index is -0.252. The Morgan fingerprint density at radius 3 is 2.23 bits per heavy atom. The fourth-order valence-corrected chi connectivity index (χ4v) is 3.82. The van der Waals surface area contributed by atoms with Gasteiger partial charge in [-0.25, -0.2) is 0 Å². The van der Waals surface area contributed by atoms with Gasteiger partial charge in [-0.1, -0.05) is 29.3 Å². The second-order valence-corrected chi connectivity index (χ2v) is 8.05. The molecule has 1 heterocycles. The van der Waals surface area contributed by atoms with Crippen molar-refractivity contribution in [2.24, 2.45) is 0 Å². The number of fused-ring (bicyclic) bond motifs is 1. The van der Waals surface area contributed by atoms with Crippen molar-refractivity contribution in [3.05, 3.63) is 91.6 Å². The molecule has 3 aromatic carbocycles. The molecule has 1 aromatic heterocycles. The lowest BCUT2D eigenvalue weighted by Gasteiger charge is -2.14. The first kappa shape index (κ1) is 21.3. The normalized spacial score (nSPS) is 11.0. The van der Waals surface area contributed by atoms with Crippen molar-refractivity contribution in [3.8, 4) is 22.8 Å². The van der Waals surface area contributed by atoms with Crippen molar-refractivity contribution >= 4 is 34.2 Å². The molecular weight excluding hydrogens is 435 g/mol. The molecule has 0 atom stereocenters. The lowest BCUT2D eigenvalue weighted by molar-refractivity contribution is 0.298. The van der Waals surface area contributed by atoms with Crippen molar-refractivity contribution in [2.75, 3.05) is 7.11 Å². The van der Waals surface area contributed by atoms with Crippen LogP contribution in [-0.2, 0) is 6.61 Å². The molecule has 0 saturated heterocycles. The Morgan fingerprint density at radius 2 is 1.58 bits per heavy atom. The maximum Gasteiger partial charge on any atom is 0.235 e. The quantitative estimate of drug-likeness (QED) is 0.326. The summed E-state index contributed by atoms with van der Waals surface area (Å²) in [6, 6.07) is 16.1. The summed E-state index contributed by atoms with van der Waals surface area (Å²) in [6.07, 6.45) is 0. The van der Waals surface area contributed by atoms with Gasteiger partial charge in [-0.3, -0.25) is 4.79 Å². The summed E-state index contributed by atoms with van der Waals surface area (Å²) in [5, 5.41) is 1.39. The molecule has 0 saturated carbocycles. The second-order valence-electron chi connectivity index (χ2n) is 7.24. The Hall–Kier alpha value is -2.95. The van der Waals surface area contributed by atoms with E-state index in [0.29, 0.717) is 43.7 Å². The molecule has 4 nitrogen and oxygen atoms in total. The van der Waals surface area contributed by atoms with Crippen LogP contribution in [-0.4, -0.2) is 7.11 Å². The monoisotopic (exact) mass is 454 g/mol. The number of methoxy groups -OCH3 is 1. The zero-order valence-corrected chi connectivity index (χ0v) is 18.8. The fraction of sp³-hybridized carbons (Fsp3) is 0.160. The van der Waals surface area contributed by atoms with E-state index < -0.39 is 0 Å². The number of hydrogen-bond acceptors (Lipinski definition) is 4. The number of benzene rings is 3. The zero-order valence-electron chi connectivity index (χ0n) is 17.3. The third-order valence-electron chi connectivity index (χ3n) is 5.24. The highest BCUT2D eigenvalue weighted by atomic mass is 35.5. The third-order valence-corrected chi connectivity index (χ3v) is 5.95. The Morgan fingerprint density at radius 1 is 0.935 bits per heavy atom. The zero-order chi connectivity index (χ0) is 22.1. The summed E-state index contributed by atoms with van der Waals surface area (Å²) < 4.78 is 17.4. The van der Waals surface area contributed by atoms with E-state index in [1.165, 1.54) is 0 Å². The predicted molar refractivity (Wildman–Crippen MR) is 125 cm³/mol. The van der Waals surface area contributed by atoms with Gasteiger partial charge in [0.2, 0.25) is 11.2 Å². The molecule has 4 aromatic rings. The minimum absolute atomic E-state index is 0.0305. The van der Waals surface area contributed by atoms with E-state index in [2.05, 4.69) is 0 Å². The van der Waals surface area contributed by atoms with Crippen molar-refractivity contribution in [3.63, 3.8) is 0 Å². The van der Waals surface area contributed by atoms with Crippen molar-refractivity contribution in [1.29, 1.82) is 0 Å². The van der Waals surface area contributed by atoms with E-state index >= 15 is 0 Å². The van der Waals surface area contributed by atoms with Crippen molar-refractivity contribution in [2.45, 2.75) is 20.5 Å². The van der Waals surface area contributed by atoms with Gasteiger partial charge in [-0.2, -0.15) is 0 Å². The maximum atomic E-state index is 13.4. The highest BCUT2D eigenvalue weighted by Crippen LogP contribution is 2.34. The molecule has 158 valence electrons. The number of rotatable bonds is 5. The molecule has 0 aliphatic rings. The molecule has 0 aliphatic carbocycles. The van der Waals surface area contributed by atoms with E-state index in [1.807, 2.05) is 38.1 Å². The van der Waals surface area contributed by atoms with Gasteiger partial charge in [0, 0.05) is 21.2 Å². The van der Waals surface area contributed by atoms with Gasteiger partial charge in [-0.15, -0.1) is 0 Å². The van der Waals surface area contributed by atoms with E-state index in [9.17, 15) is 4.79 Å². The van der Waals surface area contributed by atoms with Crippen LogP contribution in [0.2, 0.25) is 10.0 Å². The van der Waals surface area contributed by atoms with Crippen LogP contribution in [0.3, 0.4) is 0 Å². The molecule has 0 spiro atoms. The first-order chi connectivity index (χ1) is 14.9. The number of ether oxygens (including phenoxy) is 2. The average molecular weight is 455 g/mol. The lowest BCUT2D eigenvalue weighted by Crippen LogP contribution is -2.11. The highest BCUT2D eigenvalue weighted by molar-refractivity contribution is 6.35. The first-order valence-electron chi connectivity index (χ1n) is 9.67. The average Bonchev–Trinajstić information content (AvgIpc) is 2.76. The van der Waals surface area contributed by atoms with Crippen LogP contribution in [0.1, 0.15) is 16.7 Å². The summed E-state index contributed by atoms with van der Waals surface area (Å²) in [5.74, 6) is 1.15. The Bertz CT molecular complexity index is 1300. The SMILES string of the molecule is COc1ccc(-c2oc3cc(C)c(C)cc3c(=O)c2OCc2c(Cl)cccc2Cl)cc1. The van der Waals surface area contributed by atoms with Crippen LogP contribution in [0.25, 0.3) is 22.3 Å². The Kier molecular flexibility index (Phi) is 5.94. The number of halogens is 2. The predicted octanol–water partition coefficient (Wildman–Crippen LogP) is 6.97. The van der Waals surface area contributed by atoms with Crippen LogP contribution in [0, 0.1) is 13.8 Å². The molecule has 0 bridgehead atoms. The summed E-state index contributed by atoms with van der Waals surface area (Å²) in [4.78, 5) is 13.4. The van der Waals surface area contributed by atoms with Crippen LogP contribution in [0.15, 0.2) is 63.8 Å². The Balaban J connectivity index is 1.88. The molecule has 6 heteroatoms. The smallest absolute Gasteiger partial charge is 0.235 e. The van der Waals surface area contributed by atoms with Crippen molar-refractivity contribution < 1.29 is 13.9 Å². The van der Waals surface area contributed by atoms with Crippen LogP contribution < -0.4 is 14.9 Å². The standard InChI is InChI=1S/C25H20Cl2O4/c1-14-11-18-22(12-15(14)2)31-24(16-7-9-17(29-3)10-8-16)25(23(18)28)30-13-19-20(26)5-4-6-21(19)27/h4-12H,13H2,1-3H3. The van der Waals surface area contributed by atoms with Gasteiger partial charge in [0.15, 0.2) is 5.76 Å². The second kappa shape index (κ2) is 8.66. The molecular formula is C25H20Cl2O4. The summed E-state index contributed by atoms with van der Waals surface area (Å²) >= 11 is 12.6. The molecule has 31 heavy (non-hydrogen) atoms. The minimum Gasteiger partial charge on any atom is -0.497 e. The summed E-state index contributed by atoms with van der Waals surface area (Å²) in [6.45, 7) is 3.96. The Labute approximate surface area is 189 Å². The van der Waals surface area contributed by atoms with E-state index in [-0.39, 0.29) is 17.8 Å². The van der Waals surface area contributed by atoms with Gasteiger partial charge < -0.3 is 13.9 Å².